The molecular weight excluding hydrogens is 104 g/mol. The second kappa shape index (κ2) is 1.45. The largest absolute Gasteiger partial charge is 0.365 e. The summed E-state index contributed by atoms with van der Waals surface area (Å²) in [5.74, 6) is -1.23. The third-order valence-electron chi connectivity index (χ3n) is 2.16. The van der Waals surface area contributed by atoms with Crippen LogP contribution in [0.3, 0.4) is 0 Å². The Morgan fingerprint density at radius 2 is 1.62 bits per heavy atom. The van der Waals surface area contributed by atoms with Crippen LogP contribution in [0.15, 0.2) is 0 Å². The Morgan fingerprint density at radius 1 is 1.25 bits per heavy atom. The zero-order valence-electron chi connectivity index (χ0n) is 5.26. The molecule has 2 heteroatoms. The van der Waals surface area contributed by atoms with Crippen LogP contribution >= 0.6 is 0 Å². The number of hydrogen-bond acceptors (Lipinski definition) is 2. The second-order valence-electron chi connectivity index (χ2n) is 2.82. The number of hydrogen-bond donors (Lipinski definition) is 2. The molecule has 2 atom stereocenters. The van der Waals surface area contributed by atoms with Crippen LogP contribution in [0.5, 0.6) is 0 Å². The average Bonchev–Trinajstić information content (AvgIpc) is 1.68. The first-order valence-corrected chi connectivity index (χ1v) is 3.00. The van der Waals surface area contributed by atoms with E-state index in [-0.39, 0.29) is 11.8 Å². The van der Waals surface area contributed by atoms with Gasteiger partial charge in [0.15, 0.2) is 5.79 Å². The lowest BCUT2D eigenvalue weighted by atomic mass is 9.71. The molecule has 2 unspecified atom stereocenters. The van der Waals surface area contributed by atoms with Gasteiger partial charge >= 0.3 is 0 Å². The molecule has 2 N–H and O–H groups in total. The first-order chi connectivity index (χ1) is 3.55. The second-order valence-corrected chi connectivity index (χ2v) is 2.82. The summed E-state index contributed by atoms with van der Waals surface area (Å²) in [5.41, 5.74) is 0. The van der Waals surface area contributed by atoms with Crippen molar-refractivity contribution in [2.24, 2.45) is 11.8 Å². The van der Waals surface area contributed by atoms with Crippen molar-refractivity contribution >= 4 is 0 Å². The van der Waals surface area contributed by atoms with Crippen molar-refractivity contribution in [1.29, 1.82) is 0 Å². The van der Waals surface area contributed by atoms with E-state index in [4.69, 9.17) is 10.2 Å². The van der Waals surface area contributed by atoms with Crippen LogP contribution in [-0.2, 0) is 0 Å². The van der Waals surface area contributed by atoms with Gasteiger partial charge in [0.05, 0.1) is 0 Å². The Labute approximate surface area is 49.1 Å². The fourth-order valence-corrected chi connectivity index (χ4v) is 1.20. The van der Waals surface area contributed by atoms with Gasteiger partial charge in [-0.25, -0.2) is 0 Å². The van der Waals surface area contributed by atoms with Gasteiger partial charge < -0.3 is 10.2 Å². The van der Waals surface area contributed by atoms with Gasteiger partial charge in [-0.2, -0.15) is 0 Å². The van der Waals surface area contributed by atoms with Crippen LogP contribution in [0.25, 0.3) is 0 Å². The van der Waals surface area contributed by atoms with E-state index in [0.29, 0.717) is 0 Å². The summed E-state index contributed by atoms with van der Waals surface area (Å²) in [6.07, 6.45) is 0.938. The van der Waals surface area contributed by atoms with E-state index in [0.717, 1.165) is 6.42 Å². The minimum Gasteiger partial charge on any atom is -0.365 e. The predicted molar refractivity (Wildman–Crippen MR) is 30.1 cm³/mol. The lowest BCUT2D eigenvalue weighted by molar-refractivity contribution is -0.285. The van der Waals surface area contributed by atoms with Crippen molar-refractivity contribution in [3.8, 4) is 0 Å². The van der Waals surface area contributed by atoms with Crippen molar-refractivity contribution in [3.63, 3.8) is 0 Å². The average molecular weight is 116 g/mol. The minimum atomic E-state index is -1.36. The Hall–Kier alpha value is -0.0800. The lowest BCUT2D eigenvalue weighted by Gasteiger charge is -2.45. The number of rotatable bonds is 0. The summed E-state index contributed by atoms with van der Waals surface area (Å²) in [5, 5.41) is 18.0. The SMILES string of the molecule is CC1CC(C)C1(O)O. The fourth-order valence-electron chi connectivity index (χ4n) is 1.20. The predicted octanol–water partition coefficient (Wildman–Crippen LogP) is 0.343. The van der Waals surface area contributed by atoms with Crippen LogP contribution in [0, 0.1) is 11.8 Å². The molecule has 0 heterocycles. The molecule has 2 nitrogen and oxygen atoms in total. The normalized spacial score (nSPS) is 43.5. The van der Waals surface area contributed by atoms with E-state index in [2.05, 4.69) is 0 Å². The first-order valence-electron chi connectivity index (χ1n) is 3.00. The standard InChI is InChI=1S/C6H12O2/c1-4-3-5(2)6(4,7)8/h4-5,7-8H,3H2,1-2H3. The Balaban J connectivity index is 2.52. The maximum atomic E-state index is 9.01. The van der Waals surface area contributed by atoms with Gasteiger partial charge in [-0.05, 0) is 6.42 Å². The molecule has 1 fully saturated rings. The topological polar surface area (TPSA) is 40.5 Å². The third kappa shape index (κ3) is 0.565. The van der Waals surface area contributed by atoms with Crippen molar-refractivity contribution in [2.45, 2.75) is 26.1 Å². The lowest BCUT2D eigenvalue weighted by Crippen LogP contribution is -2.52. The van der Waals surface area contributed by atoms with Gasteiger partial charge in [0.2, 0.25) is 0 Å². The highest BCUT2D eigenvalue weighted by Crippen LogP contribution is 2.41. The van der Waals surface area contributed by atoms with Crippen LogP contribution in [0.4, 0.5) is 0 Å². The molecule has 1 rings (SSSR count). The molecule has 0 aromatic rings. The van der Waals surface area contributed by atoms with Crippen molar-refractivity contribution in [1.82, 2.24) is 0 Å². The molecule has 1 aliphatic rings. The van der Waals surface area contributed by atoms with E-state index >= 15 is 0 Å². The molecule has 0 aliphatic heterocycles. The van der Waals surface area contributed by atoms with Crippen LogP contribution in [0.1, 0.15) is 20.3 Å². The van der Waals surface area contributed by atoms with Gasteiger partial charge in [-0.3, -0.25) is 0 Å². The van der Waals surface area contributed by atoms with Crippen molar-refractivity contribution in [3.05, 3.63) is 0 Å². The molecule has 0 saturated heterocycles. The summed E-state index contributed by atoms with van der Waals surface area (Å²) >= 11 is 0. The zero-order valence-corrected chi connectivity index (χ0v) is 5.26. The molecule has 48 valence electrons. The summed E-state index contributed by atoms with van der Waals surface area (Å²) in [4.78, 5) is 0. The highest BCUT2D eigenvalue weighted by molar-refractivity contribution is 4.89. The maximum absolute atomic E-state index is 9.01. The third-order valence-corrected chi connectivity index (χ3v) is 2.16. The van der Waals surface area contributed by atoms with E-state index in [9.17, 15) is 0 Å². The molecule has 0 amide bonds. The van der Waals surface area contributed by atoms with Gasteiger partial charge in [0.1, 0.15) is 0 Å². The van der Waals surface area contributed by atoms with E-state index in [1.54, 1.807) is 0 Å². The molecule has 8 heavy (non-hydrogen) atoms. The first kappa shape index (κ1) is 6.05. The molecule has 1 saturated carbocycles. The van der Waals surface area contributed by atoms with Crippen molar-refractivity contribution < 1.29 is 10.2 Å². The summed E-state index contributed by atoms with van der Waals surface area (Å²) in [6, 6.07) is 0. The van der Waals surface area contributed by atoms with Gasteiger partial charge in [-0.15, -0.1) is 0 Å². The van der Waals surface area contributed by atoms with E-state index < -0.39 is 5.79 Å². The zero-order chi connectivity index (χ0) is 6.36. The Kier molecular flexibility index (Phi) is 1.10. The highest BCUT2D eigenvalue weighted by Gasteiger charge is 2.47. The van der Waals surface area contributed by atoms with E-state index in [1.165, 1.54) is 0 Å². The molecule has 0 bridgehead atoms. The van der Waals surface area contributed by atoms with E-state index in [1.807, 2.05) is 13.8 Å². The molecule has 0 aromatic carbocycles. The molecule has 0 radical (unpaired) electrons. The maximum Gasteiger partial charge on any atom is 0.167 e. The fraction of sp³-hybridized carbons (Fsp3) is 1.00. The smallest absolute Gasteiger partial charge is 0.167 e. The molecule has 0 spiro atoms. The quantitative estimate of drug-likeness (QED) is 0.448. The monoisotopic (exact) mass is 116 g/mol. The van der Waals surface area contributed by atoms with Gasteiger partial charge in [-0.1, -0.05) is 13.8 Å². The van der Waals surface area contributed by atoms with Gasteiger partial charge in [0.25, 0.3) is 0 Å². The van der Waals surface area contributed by atoms with Crippen LogP contribution < -0.4 is 0 Å². The summed E-state index contributed by atoms with van der Waals surface area (Å²) in [6.45, 7) is 3.69. The Bertz CT molecular complexity index is 88.7. The van der Waals surface area contributed by atoms with Crippen LogP contribution in [-0.4, -0.2) is 16.0 Å². The highest BCUT2D eigenvalue weighted by atomic mass is 16.5. The Morgan fingerprint density at radius 3 is 1.62 bits per heavy atom. The van der Waals surface area contributed by atoms with Crippen molar-refractivity contribution in [2.75, 3.05) is 0 Å². The number of aliphatic hydroxyl groups is 2. The molecular formula is C6H12O2. The minimum absolute atomic E-state index is 0.0671. The van der Waals surface area contributed by atoms with Crippen LogP contribution in [0.2, 0.25) is 0 Å². The molecule has 1 aliphatic carbocycles. The summed E-state index contributed by atoms with van der Waals surface area (Å²) in [7, 11) is 0. The molecule has 0 aromatic heterocycles. The summed E-state index contributed by atoms with van der Waals surface area (Å²) < 4.78 is 0. The van der Waals surface area contributed by atoms with Gasteiger partial charge in [0, 0.05) is 11.8 Å².